The molecule has 3 aromatic carbocycles. The van der Waals surface area contributed by atoms with Crippen LogP contribution in [0.25, 0.3) is 11.1 Å². The fourth-order valence-electron chi connectivity index (χ4n) is 3.48. The van der Waals surface area contributed by atoms with Crippen LogP contribution in [0.3, 0.4) is 0 Å². The third-order valence-corrected chi connectivity index (χ3v) is 5.23. The topological polar surface area (TPSA) is 57.4 Å². The number of nitrogens with two attached hydrogens (primary N) is 1. The second-order valence-corrected chi connectivity index (χ2v) is 7.62. The van der Waals surface area contributed by atoms with Crippen molar-refractivity contribution >= 4 is 12.4 Å². The number of aromatic nitrogens is 1. The normalized spacial score (nSPS) is 11.0. The Hall–Kier alpha value is -3.55. The zero-order valence-electron chi connectivity index (χ0n) is 18.7. The number of ether oxygens (including phenoxy) is 2. The highest BCUT2D eigenvalue weighted by atomic mass is 35.5. The zero-order chi connectivity index (χ0) is 24.0. The largest absolute Gasteiger partial charge is 0.473 e. The summed E-state index contributed by atoms with van der Waals surface area (Å²) in [5.74, 6) is 0.494. The van der Waals surface area contributed by atoms with Gasteiger partial charge >= 0.3 is 6.18 Å². The van der Waals surface area contributed by atoms with Crippen LogP contribution in [-0.4, -0.2) is 4.98 Å². The molecule has 0 radical (unpaired) electrons. The maximum atomic E-state index is 13.6. The molecule has 0 fully saturated rings. The van der Waals surface area contributed by atoms with Gasteiger partial charge in [-0.1, -0.05) is 72.8 Å². The number of hydrogen-bond acceptors (Lipinski definition) is 4. The van der Waals surface area contributed by atoms with Crippen molar-refractivity contribution in [1.82, 2.24) is 4.98 Å². The maximum Gasteiger partial charge on any atom is 0.416 e. The fourth-order valence-corrected chi connectivity index (χ4v) is 3.48. The second kappa shape index (κ2) is 11.7. The molecule has 0 aliphatic carbocycles. The van der Waals surface area contributed by atoms with Crippen LogP contribution in [0.1, 0.15) is 22.3 Å². The predicted molar refractivity (Wildman–Crippen MR) is 131 cm³/mol. The van der Waals surface area contributed by atoms with Crippen molar-refractivity contribution in [2.45, 2.75) is 25.9 Å². The molecule has 4 nitrogen and oxygen atoms in total. The first kappa shape index (κ1) is 26.1. The van der Waals surface area contributed by atoms with Crippen LogP contribution >= 0.6 is 12.4 Å². The molecule has 0 saturated heterocycles. The van der Waals surface area contributed by atoms with Crippen molar-refractivity contribution in [3.05, 3.63) is 113 Å². The van der Waals surface area contributed by atoms with E-state index < -0.39 is 11.7 Å². The van der Waals surface area contributed by atoms with Gasteiger partial charge in [0.15, 0.2) is 0 Å². The number of halogens is 4. The molecule has 0 bridgehead atoms. The SMILES string of the molecule is Cl.NCc1ccc(-c2ccc(OCc3ccccc3)nc2OCc2ccccc2)cc1C(F)(F)F. The Morgan fingerprint density at radius 1 is 0.743 bits per heavy atom. The number of nitrogens with zero attached hydrogens (tertiary/aromatic N) is 1. The number of alkyl halides is 3. The molecular weight excluding hydrogens is 477 g/mol. The zero-order valence-corrected chi connectivity index (χ0v) is 19.5. The van der Waals surface area contributed by atoms with Crippen molar-refractivity contribution in [3.63, 3.8) is 0 Å². The lowest BCUT2D eigenvalue weighted by Crippen LogP contribution is -2.12. The van der Waals surface area contributed by atoms with Crippen LogP contribution in [0, 0.1) is 0 Å². The van der Waals surface area contributed by atoms with E-state index >= 15 is 0 Å². The average Bonchev–Trinajstić information content (AvgIpc) is 2.86. The van der Waals surface area contributed by atoms with E-state index in [2.05, 4.69) is 4.98 Å². The number of rotatable bonds is 8. The van der Waals surface area contributed by atoms with Crippen LogP contribution in [-0.2, 0) is 25.9 Å². The van der Waals surface area contributed by atoms with Gasteiger partial charge in [0.25, 0.3) is 0 Å². The first-order valence-electron chi connectivity index (χ1n) is 10.7. The fraction of sp³-hybridized carbons (Fsp3) is 0.148. The quantitative estimate of drug-likeness (QED) is 0.289. The Bertz CT molecular complexity index is 1240. The molecular formula is C27H24ClF3N2O2. The molecule has 4 aromatic rings. The molecule has 0 aliphatic heterocycles. The summed E-state index contributed by atoms with van der Waals surface area (Å²) in [7, 11) is 0. The lowest BCUT2D eigenvalue weighted by Gasteiger charge is -2.16. The van der Waals surface area contributed by atoms with Gasteiger partial charge in [0, 0.05) is 18.2 Å². The van der Waals surface area contributed by atoms with E-state index in [0.717, 1.165) is 17.2 Å². The van der Waals surface area contributed by atoms with Gasteiger partial charge in [-0.2, -0.15) is 18.2 Å². The molecule has 0 amide bonds. The molecule has 2 N–H and O–H groups in total. The molecule has 4 rings (SSSR count). The highest BCUT2D eigenvalue weighted by Crippen LogP contribution is 2.37. The van der Waals surface area contributed by atoms with Crippen LogP contribution in [0.15, 0.2) is 91.0 Å². The van der Waals surface area contributed by atoms with Crippen molar-refractivity contribution in [2.75, 3.05) is 0 Å². The van der Waals surface area contributed by atoms with Crippen LogP contribution in [0.2, 0.25) is 0 Å². The van der Waals surface area contributed by atoms with Gasteiger partial charge in [-0.05, 0) is 34.4 Å². The van der Waals surface area contributed by atoms with Gasteiger partial charge < -0.3 is 15.2 Å². The smallest absolute Gasteiger partial charge is 0.416 e. The minimum absolute atomic E-state index is 0. The van der Waals surface area contributed by atoms with E-state index in [9.17, 15) is 13.2 Å². The van der Waals surface area contributed by atoms with E-state index in [1.165, 1.54) is 6.07 Å². The molecule has 8 heteroatoms. The van der Waals surface area contributed by atoms with Gasteiger partial charge in [-0.3, -0.25) is 0 Å². The molecule has 0 aliphatic rings. The van der Waals surface area contributed by atoms with Crippen molar-refractivity contribution in [1.29, 1.82) is 0 Å². The van der Waals surface area contributed by atoms with Gasteiger partial charge in [0.05, 0.1) is 5.56 Å². The standard InChI is InChI=1S/C27H23F3N2O2.ClH/c28-27(29,30)24-15-21(11-12-22(24)16-31)23-13-14-25(33-17-19-7-3-1-4-8-19)32-26(23)34-18-20-9-5-2-6-10-20;/h1-15H,16-18,31H2;1H. The van der Waals surface area contributed by atoms with E-state index in [-0.39, 0.29) is 37.0 Å². The summed E-state index contributed by atoms with van der Waals surface area (Å²) < 4.78 is 52.6. The molecule has 1 aromatic heterocycles. The molecule has 35 heavy (non-hydrogen) atoms. The first-order chi connectivity index (χ1) is 16.4. The van der Waals surface area contributed by atoms with Crippen LogP contribution in [0.5, 0.6) is 11.8 Å². The summed E-state index contributed by atoms with van der Waals surface area (Å²) in [4.78, 5) is 4.46. The molecule has 0 atom stereocenters. The summed E-state index contributed by atoms with van der Waals surface area (Å²) in [5.41, 5.74) is 7.40. The lowest BCUT2D eigenvalue weighted by molar-refractivity contribution is -0.138. The van der Waals surface area contributed by atoms with Gasteiger partial charge in [-0.15, -0.1) is 12.4 Å². The van der Waals surface area contributed by atoms with E-state index in [1.54, 1.807) is 18.2 Å². The summed E-state index contributed by atoms with van der Waals surface area (Å²) in [6.45, 7) is 0.293. The van der Waals surface area contributed by atoms with E-state index in [4.69, 9.17) is 15.2 Å². The molecule has 1 heterocycles. The highest BCUT2D eigenvalue weighted by Gasteiger charge is 2.33. The molecule has 0 unspecified atom stereocenters. The van der Waals surface area contributed by atoms with Gasteiger partial charge in [0.2, 0.25) is 11.8 Å². The monoisotopic (exact) mass is 500 g/mol. The van der Waals surface area contributed by atoms with Crippen molar-refractivity contribution in [3.8, 4) is 22.9 Å². The summed E-state index contributed by atoms with van der Waals surface area (Å²) >= 11 is 0. The molecule has 182 valence electrons. The molecule has 0 saturated carbocycles. The van der Waals surface area contributed by atoms with Crippen molar-refractivity contribution in [2.24, 2.45) is 5.73 Å². The highest BCUT2D eigenvalue weighted by molar-refractivity contribution is 5.85. The lowest BCUT2D eigenvalue weighted by atomic mass is 9.99. The number of hydrogen-bond donors (Lipinski definition) is 1. The third-order valence-electron chi connectivity index (χ3n) is 5.23. The first-order valence-corrected chi connectivity index (χ1v) is 10.7. The summed E-state index contributed by atoms with van der Waals surface area (Å²) in [6.07, 6.45) is -4.53. The van der Waals surface area contributed by atoms with Gasteiger partial charge in [0.1, 0.15) is 13.2 Å². The van der Waals surface area contributed by atoms with Gasteiger partial charge in [-0.25, -0.2) is 0 Å². The Kier molecular flexibility index (Phi) is 8.73. The minimum Gasteiger partial charge on any atom is -0.473 e. The average molecular weight is 501 g/mol. The maximum absolute atomic E-state index is 13.6. The third kappa shape index (κ3) is 6.74. The van der Waals surface area contributed by atoms with Crippen LogP contribution in [0.4, 0.5) is 13.2 Å². The Morgan fingerprint density at radius 2 is 1.34 bits per heavy atom. The van der Waals surface area contributed by atoms with Crippen LogP contribution < -0.4 is 15.2 Å². The Labute approximate surface area is 207 Å². The Balaban J connectivity index is 0.00000342. The number of benzene rings is 3. The number of pyridine rings is 1. The van der Waals surface area contributed by atoms with E-state index in [1.807, 2.05) is 60.7 Å². The second-order valence-electron chi connectivity index (χ2n) is 7.62. The molecule has 0 spiro atoms. The predicted octanol–water partition coefficient (Wildman–Crippen LogP) is 6.81. The minimum atomic E-state index is -4.53. The summed E-state index contributed by atoms with van der Waals surface area (Å²) in [6, 6.07) is 26.4. The summed E-state index contributed by atoms with van der Waals surface area (Å²) in [5, 5.41) is 0. The van der Waals surface area contributed by atoms with E-state index in [0.29, 0.717) is 23.6 Å². The Morgan fingerprint density at radius 3 is 1.91 bits per heavy atom. The van der Waals surface area contributed by atoms with Crippen molar-refractivity contribution < 1.29 is 22.6 Å².